The molecule has 0 unspecified atom stereocenters. The van der Waals surface area contributed by atoms with Gasteiger partial charge in [-0.3, -0.25) is 0 Å². The zero-order valence-electron chi connectivity index (χ0n) is 20.4. The summed E-state index contributed by atoms with van der Waals surface area (Å²) < 4.78 is 4.50. The fourth-order valence-electron chi connectivity index (χ4n) is 4.68. The van der Waals surface area contributed by atoms with Gasteiger partial charge in [-0.15, -0.1) is 6.58 Å². The van der Waals surface area contributed by atoms with Crippen LogP contribution in [0.2, 0.25) is 0 Å². The number of pyridine rings is 2. The molecule has 0 amide bonds. The molecule has 0 atom stereocenters. The van der Waals surface area contributed by atoms with Crippen molar-refractivity contribution in [3.63, 3.8) is 0 Å². The summed E-state index contributed by atoms with van der Waals surface area (Å²) in [5, 5.41) is 0. The fraction of sp³-hybridized carbons (Fsp3) is 0.0909. The molecule has 5 aromatic rings. The highest BCUT2D eigenvalue weighted by Gasteiger charge is 2.29. The van der Waals surface area contributed by atoms with Crippen LogP contribution in [-0.4, -0.2) is 0 Å². The number of aryl methyl sites for hydroxylation is 2. The van der Waals surface area contributed by atoms with Crippen molar-refractivity contribution in [2.75, 3.05) is 0 Å². The van der Waals surface area contributed by atoms with Crippen LogP contribution in [0.4, 0.5) is 0 Å². The predicted molar refractivity (Wildman–Crippen MR) is 144 cm³/mol. The molecule has 0 N–H and O–H groups in total. The molecule has 0 radical (unpaired) electrons. The highest BCUT2D eigenvalue weighted by atomic mass is 15.4. The largest absolute Gasteiger partial charge is 0.285 e. The third-order valence-electron chi connectivity index (χ3n) is 6.43. The molecule has 2 aromatic heterocycles. The first-order valence-electron chi connectivity index (χ1n) is 12.0. The minimum atomic E-state index is 0.816. The van der Waals surface area contributed by atoms with E-state index < -0.39 is 0 Å². The highest BCUT2D eigenvalue weighted by molar-refractivity contribution is 5.70. The summed E-state index contributed by atoms with van der Waals surface area (Å²) >= 11 is 0. The Balaban J connectivity index is 1.80. The average Bonchev–Trinajstić information content (AvgIpc) is 2.90. The normalized spacial score (nSPS) is 10.8. The van der Waals surface area contributed by atoms with Crippen molar-refractivity contribution in [3.8, 4) is 33.6 Å². The Hall–Kier alpha value is -4.30. The van der Waals surface area contributed by atoms with Gasteiger partial charge in [0.15, 0.2) is 0 Å². The van der Waals surface area contributed by atoms with Crippen LogP contribution in [0.25, 0.3) is 33.6 Å². The van der Waals surface area contributed by atoms with E-state index in [9.17, 15) is 0 Å². The van der Waals surface area contributed by atoms with Gasteiger partial charge in [-0.1, -0.05) is 72.3 Å². The zero-order chi connectivity index (χ0) is 24.2. The van der Waals surface area contributed by atoms with Gasteiger partial charge < -0.3 is 0 Å². The molecule has 170 valence electrons. The van der Waals surface area contributed by atoms with E-state index in [0.29, 0.717) is 0 Å². The molecule has 3 aromatic carbocycles. The van der Waals surface area contributed by atoms with Crippen LogP contribution in [0.3, 0.4) is 0 Å². The minimum absolute atomic E-state index is 0.816. The van der Waals surface area contributed by atoms with Crippen LogP contribution in [0.5, 0.6) is 0 Å². The van der Waals surface area contributed by atoms with Gasteiger partial charge in [-0.05, 0) is 60.7 Å². The average molecular weight is 455 g/mol. The summed E-state index contributed by atoms with van der Waals surface area (Å²) in [7, 11) is 0. The van der Waals surface area contributed by atoms with Gasteiger partial charge in [0, 0.05) is 24.3 Å². The Labute approximate surface area is 208 Å². The number of allylic oxidation sites excluding steroid dienone is 1. The van der Waals surface area contributed by atoms with E-state index in [1.165, 1.54) is 38.9 Å². The van der Waals surface area contributed by atoms with E-state index in [-0.39, 0.29) is 0 Å². The maximum Gasteiger partial charge on any atom is 0.285 e. The van der Waals surface area contributed by atoms with E-state index in [4.69, 9.17) is 0 Å². The van der Waals surface area contributed by atoms with Gasteiger partial charge in [0.2, 0.25) is 12.4 Å². The van der Waals surface area contributed by atoms with Crippen molar-refractivity contribution in [2.24, 2.45) is 0 Å². The molecular formula is C33H30N2+2. The van der Waals surface area contributed by atoms with Crippen LogP contribution in [-0.2, 0) is 6.42 Å². The van der Waals surface area contributed by atoms with Gasteiger partial charge >= 0.3 is 0 Å². The van der Waals surface area contributed by atoms with E-state index in [1.807, 2.05) is 6.08 Å². The van der Waals surface area contributed by atoms with Crippen molar-refractivity contribution in [1.82, 2.24) is 0 Å². The summed E-state index contributed by atoms with van der Waals surface area (Å²) in [4.78, 5) is 0. The molecule has 0 spiro atoms. The summed E-state index contributed by atoms with van der Waals surface area (Å²) in [6.07, 6.45) is 7.11. The van der Waals surface area contributed by atoms with Crippen molar-refractivity contribution in [2.45, 2.75) is 20.3 Å². The van der Waals surface area contributed by atoms with E-state index in [2.05, 4.69) is 145 Å². The standard InChI is InChI=1S/C33H30N2/c1-4-12-29-23-25(2)18-19-31(29)33-24-28(27-14-6-5-7-15-27)20-22-35(33)34-21-11-10-17-32(34)30-16-9-8-13-26(30)3/h4-11,13-24H,1,12H2,2-3H3/q+2. The SMILES string of the molecule is C=CCc1cc(C)ccc1-c1cc(-c2ccccc2)cc[n+]1-[n+]1ccccc1-c1ccccc1C. The van der Waals surface area contributed by atoms with Gasteiger partial charge in [0.05, 0.1) is 20.5 Å². The first-order valence-corrected chi connectivity index (χ1v) is 12.0. The molecule has 0 saturated carbocycles. The van der Waals surface area contributed by atoms with E-state index in [1.54, 1.807) is 0 Å². The lowest BCUT2D eigenvalue weighted by molar-refractivity contribution is -1.29. The molecule has 35 heavy (non-hydrogen) atoms. The number of benzene rings is 3. The molecule has 0 aliphatic rings. The molecular weight excluding hydrogens is 424 g/mol. The monoisotopic (exact) mass is 454 g/mol. The molecule has 0 aliphatic heterocycles. The lowest BCUT2D eigenvalue weighted by atomic mass is 9.97. The highest BCUT2D eigenvalue weighted by Crippen LogP contribution is 2.27. The van der Waals surface area contributed by atoms with Crippen LogP contribution >= 0.6 is 0 Å². The van der Waals surface area contributed by atoms with Crippen molar-refractivity contribution in [3.05, 3.63) is 145 Å². The summed E-state index contributed by atoms with van der Waals surface area (Å²) in [6.45, 7) is 8.33. The molecule has 2 nitrogen and oxygen atoms in total. The predicted octanol–water partition coefficient (Wildman–Crippen LogP) is 6.92. The smallest absolute Gasteiger partial charge is 0.103 e. The third kappa shape index (κ3) is 4.56. The van der Waals surface area contributed by atoms with E-state index in [0.717, 1.165) is 17.8 Å². The van der Waals surface area contributed by atoms with E-state index >= 15 is 0 Å². The molecule has 0 bridgehead atoms. The molecule has 5 rings (SSSR count). The maximum atomic E-state index is 4.02. The number of hydrogen-bond donors (Lipinski definition) is 0. The van der Waals surface area contributed by atoms with Gasteiger partial charge in [0.1, 0.15) is 0 Å². The molecule has 0 saturated heterocycles. The quantitative estimate of drug-likeness (QED) is 0.194. The Morgan fingerprint density at radius 3 is 2.17 bits per heavy atom. The summed E-state index contributed by atoms with van der Waals surface area (Å²) in [5.41, 5.74) is 10.9. The maximum absolute atomic E-state index is 4.02. The first kappa shape index (κ1) is 22.5. The Kier molecular flexibility index (Phi) is 6.36. The molecule has 2 heterocycles. The van der Waals surface area contributed by atoms with Crippen LogP contribution in [0.15, 0.2) is 128 Å². The molecule has 0 aliphatic carbocycles. The van der Waals surface area contributed by atoms with Gasteiger partial charge in [-0.25, -0.2) is 0 Å². The molecule has 2 heteroatoms. The topological polar surface area (TPSA) is 7.76 Å². The lowest BCUT2D eigenvalue weighted by Crippen LogP contribution is -2.68. The van der Waals surface area contributed by atoms with Crippen molar-refractivity contribution >= 4 is 0 Å². The minimum Gasteiger partial charge on any atom is -0.103 e. The van der Waals surface area contributed by atoms with Crippen molar-refractivity contribution < 1.29 is 9.35 Å². The number of aromatic nitrogens is 2. The van der Waals surface area contributed by atoms with Crippen LogP contribution in [0, 0.1) is 13.8 Å². The first-order chi connectivity index (χ1) is 17.2. The Morgan fingerprint density at radius 2 is 1.37 bits per heavy atom. The van der Waals surface area contributed by atoms with Crippen LogP contribution in [0.1, 0.15) is 16.7 Å². The second-order valence-corrected chi connectivity index (χ2v) is 8.91. The summed E-state index contributed by atoms with van der Waals surface area (Å²) in [5.74, 6) is 0. The number of rotatable bonds is 6. The Bertz CT molecular complexity index is 1500. The zero-order valence-corrected chi connectivity index (χ0v) is 20.4. The van der Waals surface area contributed by atoms with Gasteiger partial charge in [-0.2, -0.15) is 0 Å². The lowest BCUT2D eigenvalue weighted by Gasteiger charge is -2.09. The third-order valence-corrected chi connectivity index (χ3v) is 6.43. The molecule has 0 fully saturated rings. The number of nitrogens with zero attached hydrogens (tertiary/aromatic N) is 2. The fourth-order valence-corrected chi connectivity index (χ4v) is 4.68. The Morgan fingerprint density at radius 1 is 0.629 bits per heavy atom. The second-order valence-electron chi connectivity index (χ2n) is 8.91. The number of hydrogen-bond acceptors (Lipinski definition) is 0. The summed E-state index contributed by atoms with van der Waals surface area (Å²) in [6, 6.07) is 36.7. The second kappa shape index (κ2) is 9.90. The van der Waals surface area contributed by atoms with Crippen molar-refractivity contribution in [1.29, 1.82) is 0 Å². The van der Waals surface area contributed by atoms with Gasteiger partial charge in [0.25, 0.3) is 11.4 Å². The van der Waals surface area contributed by atoms with Crippen LogP contribution < -0.4 is 9.35 Å².